The van der Waals surface area contributed by atoms with E-state index in [1.165, 1.54) is 44.9 Å². The molecule has 0 bridgehead atoms. The maximum Gasteiger partial charge on any atom is 0.138 e. The number of rotatable bonds is 0. The Kier molecular flexibility index (Phi) is 4.96. The van der Waals surface area contributed by atoms with Crippen LogP contribution in [0.15, 0.2) is 0 Å². The number of aliphatic hydroxyl groups excluding tert-OH is 1. The number of aliphatic hydroxyl groups is 1. The molecule has 6 aliphatic rings. The van der Waals surface area contributed by atoms with Gasteiger partial charge in [-0.05, 0) is 122 Å². The summed E-state index contributed by atoms with van der Waals surface area (Å²) in [5.41, 5.74) is 0.644. The first-order chi connectivity index (χ1) is 14.7. The molecule has 31 heavy (non-hydrogen) atoms. The van der Waals surface area contributed by atoms with E-state index in [0.717, 1.165) is 49.5 Å². The molecule has 4 heteroatoms. The van der Waals surface area contributed by atoms with Crippen molar-refractivity contribution in [1.82, 2.24) is 4.42 Å². The second-order valence-corrected chi connectivity index (χ2v) is 13.8. The van der Waals surface area contributed by atoms with Crippen LogP contribution in [0.5, 0.6) is 0 Å². The molecule has 0 aromatic carbocycles. The van der Waals surface area contributed by atoms with Crippen molar-refractivity contribution in [3.63, 3.8) is 0 Å². The zero-order valence-electron chi connectivity index (χ0n) is 20.2. The lowest BCUT2D eigenvalue weighted by atomic mass is 9.44. The van der Waals surface area contributed by atoms with E-state index in [-0.39, 0.29) is 11.8 Å². The minimum atomic E-state index is -0.225. The van der Waals surface area contributed by atoms with E-state index < -0.39 is 0 Å². The number of hydrogen-bond acceptors (Lipinski definition) is 3. The summed E-state index contributed by atoms with van der Waals surface area (Å²) in [7, 11) is 0. The minimum absolute atomic E-state index is 0.0449. The summed E-state index contributed by atoms with van der Waals surface area (Å²) in [5.74, 6) is 5.14. The second-order valence-electron chi connectivity index (χ2n) is 13.4. The summed E-state index contributed by atoms with van der Waals surface area (Å²) >= 11 is 6.91. The zero-order valence-corrected chi connectivity index (χ0v) is 20.9. The Morgan fingerprint density at radius 2 is 1.68 bits per heavy atom. The lowest BCUT2D eigenvalue weighted by Crippen LogP contribution is -2.56. The Bertz CT molecular complexity index is 732. The van der Waals surface area contributed by atoms with E-state index in [4.69, 9.17) is 16.5 Å². The Balaban J connectivity index is 1.27. The summed E-state index contributed by atoms with van der Waals surface area (Å²) in [6, 6.07) is 0. The monoisotopic (exact) mass is 449 g/mol. The molecule has 0 unspecified atom stereocenters. The number of ether oxygens (including phenoxy) is 1. The van der Waals surface area contributed by atoms with Gasteiger partial charge in [-0.1, -0.05) is 27.7 Å². The first-order valence-electron chi connectivity index (χ1n) is 13.5. The first-order valence-corrected chi connectivity index (χ1v) is 13.8. The molecular formula is C27H44ClNO2. The number of piperidine rings is 1. The van der Waals surface area contributed by atoms with E-state index in [1.54, 1.807) is 0 Å². The van der Waals surface area contributed by atoms with Gasteiger partial charge < -0.3 is 9.84 Å². The Hall–Kier alpha value is 0.170. The zero-order chi connectivity index (χ0) is 21.8. The van der Waals surface area contributed by atoms with Gasteiger partial charge in [0.2, 0.25) is 0 Å². The molecule has 176 valence electrons. The summed E-state index contributed by atoms with van der Waals surface area (Å²) in [5, 5.41) is 10.3. The van der Waals surface area contributed by atoms with Crippen molar-refractivity contribution in [2.45, 2.75) is 110 Å². The molecule has 1 spiro atoms. The van der Waals surface area contributed by atoms with Crippen LogP contribution in [0.3, 0.4) is 0 Å². The van der Waals surface area contributed by atoms with Crippen LogP contribution in [0.4, 0.5) is 0 Å². The normalized spacial score (nSPS) is 61.5. The van der Waals surface area contributed by atoms with Crippen molar-refractivity contribution in [2.24, 2.45) is 52.3 Å². The fraction of sp³-hybridized carbons (Fsp3) is 1.00. The number of hydrogen-bond donors (Lipinski definition) is 1. The highest BCUT2D eigenvalue weighted by Crippen LogP contribution is 2.71. The van der Waals surface area contributed by atoms with Crippen molar-refractivity contribution < 1.29 is 9.84 Å². The van der Waals surface area contributed by atoms with Crippen LogP contribution in [0.2, 0.25) is 0 Å². The summed E-state index contributed by atoms with van der Waals surface area (Å²) in [6.07, 6.45) is 12.8. The Labute approximate surface area is 194 Å². The first kappa shape index (κ1) is 21.7. The Morgan fingerprint density at radius 1 is 0.903 bits per heavy atom. The maximum atomic E-state index is 10.3. The minimum Gasteiger partial charge on any atom is -0.393 e. The van der Waals surface area contributed by atoms with Crippen molar-refractivity contribution in [1.29, 1.82) is 0 Å². The van der Waals surface area contributed by atoms with Crippen LogP contribution in [-0.2, 0) is 4.74 Å². The molecule has 6 rings (SSSR count). The molecular weight excluding hydrogens is 406 g/mol. The number of halogens is 1. The van der Waals surface area contributed by atoms with Crippen LogP contribution in [0, 0.1) is 52.3 Å². The predicted octanol–water partition coefficient (Wildman–Crippen LogP) is 6.23. The third-order valence-corrected chi connectivity index (χ3v) is 12.6. The van der Waals surface area contributed by atoms with Gasteiger partial charge >= 0.3 is 0 Å². The lowest BCUT2D eigenvalue weighted by molar-refractivity contribution is -0.167. The fourth-order valence-corrected chi connectivity index (χ4v) is 11.1. The van der Waals surface area contributed by atoms with Gasteiger partial charge in [-0.3, -0.25) is 0 Å². The molecule has 0 aromatic heterocycles. The molecule has 4 aliphatic carbocycles. The molecule has 0 aromatic rings. The molecule has 4 saturated carbocycles. The predicted molar refractivity (Wildman–Crippen MR) is 124 cm³/mol. The second kappa shape index (κ2) is 7.09. The van der Waals surface area contributed by atoms with Crippen LogP contribution >= 0.6 is 11.8 Å². The van der Waals surface area contributed by atoms with E-state index in [9.17, 15) is 5.11 Å². The molecule has 0 radical (unpaired) electrons. The van der Waals surface area contributed by atoms with Crippen LogP contribution in [-0.4, -0.2) is 34.0 Å². The van der Waals surface area contributed by atoms with Crippen molar-refractivity contribution in [2.75, 3.05) is 6.54 Å². The van der Waals surface area contributed by atoms with Gasteiger partial charge in [-0.15, -0.1) is 0 Å². The van der Waals surface area contributed by atoms with Crippen LogP contribution < -0.4 is 0 Å². The van der Waals surface area contributed by atoms with Crippen LogP contribution in [0.25, 0.3) is 0 Å². The van der Waals surface area contributed by atoms with Gasteiger partial charge in [-0.25, -0.2) is 0 Å². The third-order valence-electron chi connectivity index (χ3n) is 12.2. The fourth-order valence-electron chi connectivity index (χ4n) is 10.6. The molecule has 2 saturated heterocycles. The molecule has 3 nitrogen and oxygen atoms in total. The molecule has 2 heterocycles. The van der Waals surface area contributed by atoms with Gasteiger partial charge in [0.15, 0.2) is 0 Å². The molecule has 1 N–H and O–H groups in total. The molecule has 0 amide bonds. The van der Waals surface area contributed by atoms with Gasteiger partial charge in [0, 0.05) is 12.5 Å². The lowest BCUT2D eigenvalue weighted by Gasteiger charge is -2.61. The van der Waals surface area contributed by atoms with Gasteiger partial charge in [0.05, 0.1) is 12.2 Å². The third kappa shape index (κ3) is 2.82. The molecule has 12 atom stereocenters. The average molecular weight is 450 g/mol. The SMILES string of the molecule is C[C@@H]1CC[C@]2(O[C@H]3C[C@H]4[C@@H]5CC[C@H]6C[C@@H](O)CC[C@]6(C)[C@H]5CC[C@]4(C)[C@H]3[C@@H]2C)N(Cl)C1. The average Bonchev–Trinajstić information content (AvgIpc) is 3.17. The van der Waals surface area contributed by atoms with Gasteiger partial charge in [-0.2, -0.15) is 4.42 Å². The number of fused-ring (bicyclic) bond motifs is 7. The molecule has 6 fully saturated rings. The summed E-state index contributed by atoms with van der Waals surface area (Å²) in [6.45, 7) is 11.0. The van der Waals surface area contributed by atoms with Crippen molar-refractivity contribution >= 4 is 11.8 Å². The highest BCUT2D eigenvalue weighted by Gasteiger charge is 2.69. The van der Waals surface area contributed by atoms with Crippen LogP contribution in [0.1, 0.15) is 91.9 Å². The summed E-state index contributed by atoms with van der Waals surface area (Å²) < 4.78 is 9.11. The standard InChI is InChI=1S/C27H44ClNO2/c1-16-7-12-27(29(28)15-16)17(2)24-23(31-27)14-22-20-6-5-18-13-19(30)8-10-25(18,3)21(20)9-11-26(22,24)4/h16-24,30H,5-15H2,1-4H3/t16-,17+,18+,19+,20-,21+,22+,23+,24+,25+,26+,27-/m1/s1. The van der Waals surface area contributed by atoms with E-state index in [1.807, 2.05) is 0 Å². The highest BCUT2D eigenvalue weighted by atomic mass is 35.5. The van der Waals surface area contributed by atoms with E-state index in [2.05, 4.69) is 32.1 Å². The number of nitrogens with zero attached hydrogens (tertiary/aromatic N) is 1. The topological polar surface area (TPSA) is 32.7 Å². The highest BCUT2D eigenvalue weighted by molar-refractivity contribution is 6.13. The van der Waals surface area contributed by atoms with E-state index >= 15 is 0 Å². The smallest absolute Gasteiger partial charge is 0.138 e. The van der Waals surface area contributed by atoms with E-state index in [0.29, 0.717) is 34.7 Å². The maximum absolute atomic E-state index is 10.3. The Morgan fingerprint density at radius 3 is 2.45 bits per heavy atom. The van der Waals surface area contributed by atoms with Gasteiger partial charge in [0.25, 0.3) is 0 Å². The molecule has 2 aliphatic heterocycles. The van der Waals surface area contributed by atoms with Gasteiger partial charge in [0.1, 0.15) is 5.72 Å². The van der Waals surface area contributed by atoms with Crippen molar-refractivity contribution in [3.8, 4) is 0 Å². The summed E-state index contributed by atoms with van der Waals surface area (Å²) in [4.78, 5) is 0. The van der Waals surface area contributed by atoms with Crippen molar-refractivity contribution in [3.05, 3.63) is 0 Å². The largest absolute Gasteiger partial charge is 0.393 e. The quantitative estimate of drug-likeness (QED) is 0.444.